The fourth-order valence-electron chi connectivity index (χ4n) is 2.97. The van der Waals surface area contributed by atoms with Crippen LogP contribution in [0, 0.1) is 6.92 Å². The van der Waals surface area contributed by atoms with Gasteiger partial charge in [0.1, 0.15) is 0 Å². The zero-order valence-corrected chi connectivity index (χ0v) is 16.6. The monoisotopic (exact) mass is 388 g/mol. The number of aromatic nitrogens is 2. The predicted molar refractivity (Wildman–Crippen MR) is 108 cm³/mol. The molecule has 0 N–H and O–H groups in total. The second-order valence-corrected chi connectivity index (χ2v) is 10.5. The second kappa shape index (κ2) is 6.18. The minimum atomic E-state index is -2.45. The molecule has 2 aromatic heterocycles. The molecule has 0 aliphatic carbocycles. The summed E-state index contributed by atoms with van der Waals surface area (Å²) in [6, 6.07) is 14.1. The first-order chi connectivity index (χ1) is 12.1. The molecule has 1 aliphatic rings. The summed E-state index contributed by atoms with van der Waals surface area (Å²) < 4.78 is 9.78. The summed E-state index contributed by atoms with van der Waals surface area (Å²) in [5, 5.41) is 7.69. The first kappa shape index (κ1) is 16.7. The van der Waals surface area contributed by atoms with Gasteiger partial charge < -0.3 is 9.19 Å². The van der Waals surface area contributed by atoms with E-state index >= 15 is 0 Å². The number of hydrogen-bond acceptors (Lipinski definition) is 5. The van der Waals surface area contributed by atoms with Gasteiger partial charge in [0.2, 0.25) is 0 Å². The van der Waals surface area contributed by atoms with E-state index in [1.807, 2.05) is 65.1 Å². The molecule has 1 aliphatic heterocycles. The van der Waals surface area contributed by atoms with Crippen molar-refractivity contribution < 1.29 is 4.52 Å². The molecule has 1 aromatic carbocycles. The quantitative estimate of drug-likeness (QED) is 0.640. The molecule has 0 fully saturated rings. The molecule has 3 aromatic rings. The van der Waals surface area contributed by atoms with E-state index in [1.54, 1.807) is 18.4 Å². The smallest absolute Gasteiger partial charge is 0.192 e. The van der Waals surface area contributed by atoms with E-state index in [1.165, 1.54) is 0 Å². The predicted octanol–water partition coefficient (Wildman–Crippen LogP) is 3.85. The molecule has 0 bridgehead atoms. The van der Waals surface area contributed by atoms with Crippen LogP contribution in [-0.4, -0.2) is 34.4 Å². The summed E-state index contributed by atoms with van der Waals surface area (Å²) in [5.74, 6) is 1.61. The van der Waals surface area contributed by atoms with Crippen LogP contribution >= 0.6 is 17.8 Å². The lowest BCUT2D eigenvalue weighted by Crippen LogP contribution is -2.33. The van der Waals surface area contributed by atoms with Crippen molar-refractivity contribution in [3.63, 3.8) is 0 Å². The van der Waals surface area contributed by atoms with E-state index in [0.29, 0.717) is 0 Å². The van der Waals surface area contributed by atoms with Crippen LogP contribution in [0.25, 0.3) is 5.69 Å². The summed E-state index contributed by atoms with van der Waals surface area (Å²) in [6.07, 6.45) is -2.45. The first-order valence-corrected chi connectivity index (χ1v) is 11.3. The van der Waals surface area contributed by atoms with E-state index in [-0.39, 0.29) is 0 Å². The summed E-state index contributed by atoms with van der Waals surface area (Å²) in [7, 11) is 3.64. The van der Waals surface area contributed by atoms with E-state index < -0.39 is 6.42 Å². The normalized spacial score (nSPS) is 19.6. The van der Waals surface area contributed by atoms with Gasteiger partial charge in [0, 0.05) is 14.2 Å². The standard InChI is InChI=1S/C17H17N4OPS2/c1-12-15-17(21(19-12)13-8-5-4-6-9-13)18-16(14-10-7-11-25-14)20(2)23(15,24)22-3/h4-11H,1-3H3/t23-/m1/s1. The highest BCUT2D eigenvalue weighted by Crippen LogP contribution is 2.55. The Morgan fingerprint density at radius 3 is 2.56 bits per heavy atom. The van der Waals surface area contributed by atoms with Gasteiger partial charge in [0.25, 0.3) is 0 Å². The molecular formula is C17H17N4OPS2. The number of aryl methyl sites for hydroxylation is 1. The minimum Gasteiger partial charge on any atom is -0.334 e. The molecule has 0 saturated carbocycles. The average molecular weight is 388 g/mol. The van der Waals surface area contributed by atoms with Crippen molar-refractivity contribution in [1.29, 1.82) is 0 Å². The van der Waals surface area contributed by atoms with Crippen LogP contribution in [0.5, 0.6) is 0 Å². The molecular weight excluding hydrogens is 371 g/mol. The maximum Gasteiger partial charge on any atom is 0.192 e. The molecule has 0 radical (unpaired) electrons. The zero-order chi connectivity index (χ0) is 17.6. The highest BCUT2D eigenvalue weighted by Gasteiger charge is 2.39. The second-order valence-electron chi connectivity index (χ2n) is 5.64. The molecule has 0 unspecified atom stereocenters. The number of aliphatic imine (C=N–C) groups is 1. The third-order valence-corrected chi connectivity index (χ3v) is 9.35. The number of amidine groups is 1. The molecule has 3 heterocycles. The van der Waals surface area contributed by atoms with Crippen molar-refractivity contribution >= 4 is 46.5 Å². The van der Waals surface area contributed by atoms with Gasteiger partial charge in [-0.3, -0.25) is 0 Å². The molecule has 5 nitrogen and oxygen atoms in total. The Hall–Kier alpha value is -1.79. The number of para-hydroxylation sites is 1. The van der Waals surface area contributed by atoms with Crippen molar-refractivity contribution in [2.75, 3.05) is 14.2 Å². The molecule has 8 heteroatoms. The van der Waals surface area contributed by atoms with E-state index in [0.717, 1.165) is 33.2 Å². The fraction of sp³-hybridized carbons (Fsp3) is 0.176. The molecule has 0 spiro atoms. The van der Waals surface area contributed by atoms with Gasteiger partial charge in [0.15, 0.2) is 18.1 Å². The fourth-order valence-corrected chi connectivity index (χ4v) is 6.64. The number of hydrogen-bond donors (Lipinski definition) is 0. The van der Waals surface area contributed by atoms with Gasteiger partial charge in [0.05, 0.1) is 21.6 Å². The maximum atomic E-state index is 6.02. The highest BCUT2D eigenvalue weighted by molar-refractivity contribution is 8.15. The molecule has 4 rings (SSSR count). The Kier molecular flexibility index (Phi) is 4.12. The minimum absolute atomic E-state index is 0.774. The maximum absolute atomic E-state index is 6.02. The SMILES string of the molecule is CO[P@@]1(=S)c2c(C)nn(-c3ccccc3)c2N=C(c2cccs2)N1C. The van der Waals surface area contributed by atoms with Gasteiger partial charge in [-0.1, -0.05) is 24.3 Å². The summed E-state index contributed by atoms with van der Waals surface area (Å²) in [4.78, 5) is 6.01. The Labute approximate surface area is 155 Å². The molecule has 0 amide bonds. The van der Waals surface area contributed by atoms with Crippen molar-refractivity contribution in [3.8, 4) is 5.69 Å². The van der Waals surface area contributed by atoms with Gasteiger partial charge in [-0.25, -0.2) is 9.67 Å². The van der Waals surface area contributed by atoms with Crippen molar-refractivity contribution in [3.05, 3.63) is 58.4 Å². The van der Waals surface area contributed by atoms with Gasteiger partial charge >= 0.3 is 0 Å². The summed E-state index contributed by atoms with van der Waals surface area (Å²) in [5.41, 5.74) is 1.83. The van der Waals surface area contributed by atoms with Crippen LogP contribution in [0.1, 0.15) is 10.6 Å². The Morgan fingerprint density at radius 2 is 1.92 bits per heavy atom. The van der Waals surface area contributed by atoms with Crippen LogP contribution in [0.15, 0.2) is 52.8 Å². The number of fused-ring (bicyclic) bond motifs is 1. The Bertz CT molecular complexity index is 995. The first-order valence-electron chi connectivity index (χ1n) is 7.74. The van der Waals surface area contributed by atoms with Gasteiger partial charge in [-0.05, 0) is 42.3 Å². The molecule has 25 heavy (non-hydrogen) atoms. The Morgan fingerprint density at radius 1 is 1.16 bits per heavy atom. The molecule has 128 valence electrons. The lowest BCUT2D eigenvalue weighted by Gasteiger charge is -2.35. The lowest BCUT2D eigenvalue weighted by molar-refractivity contribution is 0.439. The zero-order valence-electron chi connectivity index (χ0n) is 14.1. The number of nitrogens with zero attached hydrogens (tertiary/aromatic N) is 4. The van der Waals surface area contributed by atoms with E-state index in [9.17, 15) is 0 Å². The largest absolute Gasteiger partial charge is 0.334 e. The number of rotatable bonds is 3. The topological polar surface area (TPSA) is 42.6 Å². The lowest BCUT2D eigenvalue weighted by atomic mass is 10.3. The van der Waals surface area contributed by atoms with Crippen LogP contribution < -0.4 is 5.30 Å². The summed E-state index contributed by atoms with van der Waals surface area (Å²) in [6.45, 7) is 1.97. The van der Waals surface area contributed by atoms with Gasteiger partial charge in [-0.2, -0.15) is 5.10 Å². The number of benzene rings is 1. The van der Waals surface area contributed by atoms with E-state index in [2.05, 4.69) is 6.07 Å². The van der Waals surface area contributed by atoms with Crippen LogP contribution in [0.3, 0.4) is 0 Å². The van der Waals surface area contributed by atoms with Crippen LogP contribution in [0.4, 0.5) is 5.82 Å². The Balaban J connectivity index is 2.02. The molecule has 1 atom stereocenters. The van der Waals surface area contributed by atoms with Crippen molar-refractivity contribution in [1.82, 2.24) is 14.5 Å². The highest BCUT2D eigenvalue weighted by atomic mass is 32.4. The number of thiophene rings is 1. The van der Waals surface area contributed by atoms with Crippen LogP contribution in [-0.2, 0) is 16.3 Å². The summed E-state index contributed by atoms with van der Waals surface area (Å²) >= 11 is 7.66. The third kappa shape index (κ3) is 2.50. The molecule has 0 saturated heterocycles. The third-order valence-electron chi connectivity index (χ3n) is 4.19. The van der Waals surface area contributed by atoms with E-state index in [4.69, 9.17) is 26.4 Å². The van der Waals surface area contributed by atoms with Crippen molar-refractivity contribution in [2.45, 2.75) is 6.92 Å². The average Bonchev–Trinajstić information content (AvgIpc) is 3.27. The van der Waals surface area contributed by atoms with Gasteiger partial charge in [-0.15, -0.1) is 11.3 Å². The van der Waals surface area contributed by atoms with Crippen molar-refractivity contribution in [2.24, 2.45) is 4.99 Å². The van der Waals surface area contributed by atoms with Crippen LogP contribution in [0.2, 0.25) is 0 Å².